The quantitative estimate of drug-likeness (QED) is 0.791. The maximum atomic E-state index is 6.34. The van der Waals surface area contributed by atoms with Crippen LogP contribution in [0.4, 0.5) is 0 Å². The van der Waals surface area contributed by atoms with Crippen molar-refractivity contribution in [2.45, 2.75) is 25.3 Å². The summed E-state index contributed by atoms with van der Waals surface area (Å²) in [7, 11) is 0. The van der Waals surface area contributed by atoms with Gasteiger partial charge in [-0.2, -0.15) is 0 Å². The van der Waals surface area contributed by atoms with Crippen molar-refractivity contribution in [2.24, 2.45) is 11.5 Å². The molecule has 0 bridgehead atoms. The Morgan fingerprint density at radius 1 is 1.31 bits per heavy atom. The lowest BCUT2D eigenvalue weighted by molar-refractivity contribution is 0.524. The summed E-state index contributed by atoms with van der Waals surface area (Å²) < 4.78 is 0. The maximum absolute atomic E-state index is 6.34. The van der Waals surface area contributed by atoms with Crippen LogP contribution in [0.1, 0.15) is 17.5 Å². The molecule has 0 saturated heterocycles. The molecule has 1 aliphatic rings. The van der Waals surface area contributed by atoms with Crippen molar-refractivity contribution in [1.29, 1.82) is 0 Å². The molecule has 84 valence electrons. The van der Waals surface area contributed by atoms with E-state index in [9.17, 15) is 0 Å². The van der Waals surface area contributed by atoms with E-state index in [2.05, 4.69) is 31.2 Å². The average Bonchev–Trinajstić information content (AvgIpc) is 2.27. The molecule has 0 fully saturated rings. The Labute approximate surface area is 96.6 Å². The van der Waals surface area contributed by atoms with Gasteiger partial charge in [0.05, 0.1) is 0 Å². The lowest BCUT2D eigenvalue weighted by atomic mass is 9.84. The van der Waals surface area contributed by atoms with Gasteiger partial charge in [-0.3, -0.25) is 0 Å². The van der Waals surface area contributed by atoms with Crippen molar-refractivity contribution < 1.29 is 0 Å². The summed E-state index contributed by atoms with van der Waals surface area (Å²) in [6.07, 6.45) is 7.60. The summed E-state index contributed by atoms with van der Waals surface area (Å²) in [5.74, 6) is 0. The highest BCUT2D eigenvalue weighted by atomic mass is 14.7. The molecule has 0 spiro atoms. The molecular formula is C14H18N2. The first-order valence-electron chi connectivity index (χ1n) is 5.57. The van der Waals surface area contributed by atoms with E-state index in [-0.39, 0.29) is 5.54 Å². The second-order valence-corrected chi connectivity index (χ2v) is 4.58. The van der Waals surface area contributed by atoms with Gasteiger partial charge in [0.15, 0.2) is 0 Å². The zero-order chi connectivity index (χ0) is 11.6. The minimum absolute atomic E-state index is 0.283. The van der Waals surface area contributed by atoms with E-state index < -0.39 is 0 Å². The monoisotopic (exact) mass is 214 g/mol. The minimum Gasteiger partial charge on any atom is -0.399 e. The fraction of sp³-hybridized carbons (Fsp3) is 0.286. The van der Waals surface area contributed by atoms with Crippen LogP contribution < -0.4 is 11.5 Å². The van der Waals surface area contributed by atoms with Gasteiger partial charge in [0.25, 0.3) is 0 Å². The molecule has 1 aromatic rings. The number of benzene rings is 1. The average molecular weight is 214 g/mol. The van der Waals surface area contributed by atoms with E-state index in [1.165, 1.54) is 11.1 Å². The van der Waals surface area contributed by atoms with Crippen LogP contribution in [-0.4, -0.2) is 5.54 Å². The van der Waals surface area contributed by atoms with Crippen molar-refractivity contribution in [3.05, 3.63) is 59.3 Å². The number of allylic oxidation sites excluding steroid dienone is 1. The van der Waals surface area contributed by atoms with Crippen molar-refractivity contribution in [3.63, 3.8) is 0 Å². The molecule has 0 saturated carbocycles. The van der Waals surface area contributed by atoms with Gasteiger partial charge in [-0.25, -0.2) is 0 Å². The Bertz CT molecular complexity index is 446. The molecule has 4 N–H and O–H groups in total. The fourth-order valence-corrected chi connectivity index (χ4v) is 2.00. The molecule has 1 aliphatic carbocycles. The maximum Gasteiger partial charge on any atom is 0.0419 e. The molecule has 1 unspecified atom stereocenters. The third kappa shape index (κ3) is 2.34. The standard InChI is InChI=1S/C14H18N2/c1-11-4-2-3-5-12(11)10-14(16)8-6-13(15)7-9-14/h2-8H,9-10,15-16H2,1H3. The molecule has 1 atom stereocenters. The Morgan fingerprint density at radius 2 is 2.06 bits per heavy atom. The van der Waals surface area contributed by atoms with Crippen LogP contribution >= 0.6 is 0 Å². The molecule has 16 heavy (non-hydrogen) atoms. The summed E-state index contributed by atoms with van der Waals surface area (Å²) in [6.45, 7) is 2.12. The lowest BCUT2D eigenvalue weighted by Crippen LogP contribution is -2.41. The van der Waals surface area contributed by atoms with Crippen LogP contribution in [0.25, 0.3) is 0 Å². The third-order valence-electron chi connectivity index (χ3n) is 3.11. The summed E-state index contributed by atoms with van der Waals surface area (Å²) in [6, 6.07) is 8.37. The molecule has 0 radical (unpaired) electrons. The Hall–Kier alpha value is -1.54. The number of aryl methyl sites for hydroxylation is 1. The van der Waals surface area contributed by atoms with Gasteiger partial charge in [0.1, 0.15) is 0 Å². The fourth-order valence-electron chi connectivity index (χ4n) is 2.00. The van der Waals surface area contributed by atoms with E-state index in [4.69, 9.17) is 11.5 Å². The van der Waals surface area contributed by atoms with E-state index in [0.717, 1.165) is 18.5 Å². The Kier molecular flexibility index (Phi) is 2.84. The first-order valence-corrected chi connectivity index (χ1v) is 5.57. The van der Waals surface area contributed by atoms with E-state index >= 15 is 0 Å². The minimum atomic E-state index is -0.283. The number of nitrogens with two attached hydrogens (primary N) is 2. The zero-order valence-corrected chi connectivity index (χ0v) is 9.61. The van der Waals surface area contributed by atoms with Gasteiger partial charge in [-0.1, -0.05) is 36.4 Å². The lowest BCUT2D eigenvalue weighted by Gasteiger charge is -2.28. The molecule has 0 amide bonds. The van der Waals surface area contributed by atoms with E-state index in [0.29, 0.717) is 0 Å². The number of hydrogen-bond donors (Lipinski definition) is 2. The number of rotatable bonds is 2. The SMILES string of the molecule is Cc1ccccc1CC1(N)C=CC(N)=CC1. The van der Waals surface area contributed by atoms with Crippen LogP contribution in [0.2, 0.25) is 0 Å². The van der Waals surface area contributed by atoms with E-state index in [1.54, 1.807) is 0 Å². The number of hydrogen-bond acceptors (Lipinski definition) is 2. The molecule has 0 aromatic heterocycles. The third-order valence-corrected chi connectivity index (χ3v) is 3.11. The molecule has 0 aliphatic heterocycles. The highest BCUT2D eigenvalue weighted by Gasteiger charge is 2.23. The molecular weight excluding hydrogens is 196 g/mol. The Balaban J connectivity index is 2.17. The first-order chi connectivity index (χ1) is 7.59. The largest absolute Gasteiger partial charge is 0.399 e. The summed E-state index contributed by atoms with van der Waals surface area (Å²) in [5, 5.41) is 0. The van der Waals surface area contributed by atoms with Crippen molar-refractivity contribution in [1.82, 2.24) is 0 Å². The van der Waals surface area contributed by atoms with Gasteiger partial charge in [0, 0.05) is 11.2 Å². The normalized spacial score (nSPS) is 24.2. The van der Waals surface area contributed by atoms with Crippen LogP contribution in [0.15, 0.2) is 48.2 Å². The molecule has 2 rings (SSSR count). The smallest absolute Gasteiger partial charge is 0.0419 e. The van der Waals surface area contributed by atoms with Crippen LogP contribution in [-0.2, 0) is 6.42 Å². The summed E-state index contributed by atoms with van der Waals surface area (Å²) in [4.78, 5) is 0. The van der Waals surface area contributed by atoms with Crippen molar-refractivity contribution in [2.75, 3.05) is 0 Å². The van der Waals surface area contributed by atoms with Gasteiger partial charge in [-0.15, -0.1) is 0 Å². The van der Waals surface area contributed by atoms with Gasteiger partial charge >= 0.3 is 0 Å². The van der Waals surface area contributed by atoms with Gasteiger partial charge in [-0.05, 0) is 37.0 Å². The Morgan fingerprint density at radius 3 is 2.69 bits per heavy atom. The zero-order valence-electron chi connectivity index (χ0n) is 9.61. The van der Waals surface area contributed by atoms with E-state index in [1.807, 2.05) is 18.2 Å². The second-order valence-electron chi connectivity index (χ2n) is 4.58. The van der Waals surface area contributed by atoms with Gasteiger partial charge < -0.3 is 11.5 Å². The second kappa shape index (κ2) is 4.14. The molecule has 1 aromatic carbocycles. The van der Waals surface area contributed by atoms with Crippen LogP contribution in [0.3, 0.4) is 0 Å². The van der Waals surface area contributed by atoms with Crippen LogP contribution in [0, 0.1) is 6.92 Å². The van der Waals surface area contributed by atoms with Gasteiger partial charge in [0.2, 0.25) is 0 Å². The van der Waals surface area contributed by atoms with Crippen LogP contribution in [0.5, 0.6) is 0 Å². The topological polar surface area (TPSA) is 52.0 Å². The predicted molar refractivity (Wildman–Crippen MR) is 67.8 cm³/mol. The predicted octanol–water partition coefficient (Wildman–Crippen LogP) is 2.04. The molecule has 0 heterocycles. The molecule has 2 nitrogen and oxygen atoms in total. The molecule has 2 heteroatoms. The highest BCUT2D eigenvalue weighted by molar-refractivity contribution is 5.33. The van der Waals surface area contributed by atoms with Crippen molar-refractivity contribution >= 4 is 0 Å². The first kappa shape index (κ1) is 11.0. The summed E-state index contributed by atoms with van der Waals surface area (Å²) >= 11 is 0. The van der Waals surface area contributed by atoms with Crippen molar-refractivity contribution in [3.8, 4) is 0 Å². The summed E-state index contributed by atoms with van der Waals surface area (Å²) in [5.41, 5.74) is 15.2. The highest BCUT2D eigenvalue weighted by Crippen LogP contribution is 2.23.